The Bertz CT molecular complexity index is 761. The first-order valence-electron chi connectivity index (χ1n) is 9.66. The predicted molar refractivity (Wildman–Crippen MR) is 93.7 cm³/mol. The van der Waals surface area contributed by atoms with Crippen molar-refractivity contribution in [3.05, 3.63) is 18.1 Å². The quantitative estimate of drug-likeness (QED) is 0.880. The van der Waals surface area contributed by atoms with Crippen LogP contribution < -0.4 is 4.90 Å². The summed E-state index contributed by atoms with van der Waals surface area (Å²) in [7, 11) is 0. The molecule has 5 rings (SSSR count). The van der Waals surface area contributed by atoms with Gasteiger partial charge in [0.15, 0.2) is 0 Å². The number of carbonyl (C=O) groups excluding carboxylic acids is 1. The van der Waals surface area contributed by atoms with Crippen LogP contribution >= 0.6 is 0 Å². The van der Waals surface area contributed by atoms with E-state index in [-0.39, 0.29) is 17.7 Å². The van der Waals surface area contributed by atoms with Gasteiger partial charge in [0.05, 0.1) is 0 Å². The van der Waals surface area contributed by atoms with Crippen molar-refractivity contribution in [2.75, 3.05) is 31.1 Å². The summed E-state index contributed by atoms with van der Waals surface area (Å²) in [6.07, 6.45) is 6.97. The minimum Gasteiger partial charge on any atom is -0.481 e. The van der Waals surface area contributed by atoms with Crippen molar-refractivity contribution in [3.8, 4) is 0 Å². The van der Waals surface area contributed by atoms with Crippen LogP contribution in [0.1, 0.15) is 43.7 Å². The second-order valence-corrected chi connectivity index (χ2v) is 8.46. The van der Waals surface area contributed by atoms with Gasteiger partial charge in [-0.3, -0.25) is 9.59 Å². The van der Waals surface area contributed by atoms with E-state index in [9.17, 15) is 14.7 Å². The molecular formula is C19H24N4O3. The smallest absolute Gasteiger partial charge is 0.313 e. The molecule has 0 radical (unpaired) electrons. The maximum absolute atomic E-state index is 12.6. The number of rotatable bonds is 4. The number of fused-ring (bicyclic) bond motifs is 1. The fourth-order valence-electron chi connectivity index (χ4n) is 4.76. The van der Waals surface area contributed by atoms with E-state index in [1.54, 1.807) is 6.33 Å². The fraction of sp³-hybridized carbons (Fsp3) is 0.684. The molecule has 2 saturated heterocycles. The third-order valence-corrected chi connectivity index (χ3v) is 6.79. The number of nitrogens with zero attached hydrogens (tertiary/aromatic N) is 4. The van der Waals surface area contributed by atoms with Crippen LogP contribution in [0.5, 0.6) is 0 Å². The number of likely N-dealkylation sites (tertiary alicyclic amines) is 1. The number of aromatic nitrogens is 2. The molecule has 2 saturated carbocycles. The summed E-state index contributed by atoms with van der Waals surface area (Å²) in [6, 6.07) is 2.02. The Hall–Kier alpha value is -2.18. The van der Waals surface area contributed by atoms with Crippen molar-refractivity contribution in [1.29, 1.82) is 0 Å². The second-order valence-electron chi connectivity index (χ2n) is 8.46. The third-order valence-electron chi connectivity index (χ3n) is 6.79. The molecule has 4 aliphatic rings. The number of hydrogen-bond acceptors (Lipinski definition) is 5. The highest BCUT2D eigenvalue weighted by atomic mass is 16.4. The summed E-state index contributed by atoms with van der Waals surface area (Å²) in [5.41, 5.74) is 0.197. The Kier molecular flexibility index (Phi) is 3.49. The van der Waals surface area contributed by atoms with Gasteiger partial charge in [-0.15, -0.1) is 0 Å². The van der Waals surface area contributed by atoms with Crippen molar-refractivity contribution in [2.24, 2.45) is 17.3 Å². The van der Waals surface area contributed by atoms with E-state index in [1.165, 1.54) is 12.8 Å². The predicted octanol–water partition coefficient (Wildman–Crippen LogP) is 1.50. The van der Waals surface area contributed by atoms with E-state index in [1.807, 2.05) is 11.0 Å². The lowest BCUT2D eigenvalue weighted by molar-refractivity contribution is -0.149. The number of carboxylic acid groups (broad SMARTS) is 1. The molecule has 2 aliphatic heterocycles. The summed E-state index contributed by atoms with van der Waals surface area (Å²) in [4.78, 5) is 37.4. The summed E-state index contributed by atoms with van der Waals surface area (Å²) in [5.74, 6) is 0.833. The minimum absolute atomic E-state index is 0.0385. The van der Waals surface area contributed by atoms with Gasteiger partial charge in [-0.05, 0) is 25.7 Å². The first kappa shape index (κ1) is 16.0. The fourth-order valence-corrected chi connectivity index (χ4v) is 4.76. The number of carboxylic acids is 1. The minimum atomic E-state index is -0.871. The van der Waals surface area contributed by atoms with E-state index < -0.39 is 11.4 Å². The molecule has 2 atom stereocenters. The molecule has 3 heterocycles. The molecule has 1 aromatic rings. The van der Waals surface area contributed by atoms with Crippen LogP contribution in [0.15, 0.2) is 12.4 Å². The van der Waals surface area contributed by atoms with Gasteiger partial charge in [-0.25, -0.2) is 9.97 Å². The molecule has 0 unspecified atom stereocenters. The van der Waals surface area contributed by atoms with Gasteiger partial charge >= 0.3 is 5.97 Å². The van der Waals surface area contributed by atoms with Crippen LogP contribution in [-0.2, 0) is 9.59 Å². The van der Waals surface area contributed by atoms with Gasteiger partial charge in [0.1, 0.15) is 17.6 Å². The van der Waals surface area contributed by atoms with Crippen molar-refractivity contribution >= 4 is 17.7 Å². The Balaban J connectivity index is 1.36. The molecular weight excluding hydrogens is 332 g/mol. The Labute approximate surface area is 152 Å². The van der Waals surface area contributed by atoms with Crippen LogP contribution in [0.2, 0.25) is 0 Å². The summed E-state index contributed by atoms with van der Waals surface area (Å²) in [6.45, 7) is 1.95. The van der Waals surface area contributed by atoms with Crippen molar-refractivity contribution < 1.29 is 14.7 Å². The van der Waals surface area contributed by atoms with Gasteiger partial charge in [-0.2, -0.15) is 0 Å². The number of hydrogen-bond donors (Lipinski definition) is 1. The van der Waals surface area contributed by atoms with Crippen molar-refractivity contribution in [2.45, 2.75) is 38.0 Å². The normalized spacial score (nSPS) is 31.0. The summed E-state index contributed by atoms with van der Waals surface area (Å²) in [5, 5.41) is 10.0. The lowest BCUT2D eigenvalue weighted by Gasteiger charge is -2.31. The number of aliphatic carboxylic acids is 1. The lowest BCUT2D eigenvalue weighted by Crippen LogP contribution is -2.44. The Morgan fingerprint density at radius 2 is 1.92 bits per heavy atom. The number of amides is 1. The molecule has 1 aromatic heterocycles. The molecule has 7 heteroatoms. The second kappa shape index (κ2) is 5.66. The largest absolute Gasteiger partial charge is 0.481 e. The van der Waals surface area contributed by atoms with Gasteiger partial charge in [0.2, 0.25) is 5.91 Å². The van der Waals surface area contributed by atoms with E-state index in [4.69, 9.17) is 0 Å². The van der Waals surface area contributed by atoms with Crippen molar-refractivity contribution in [3.63, 3.8) is 0 Å². The maximum Gasteiger partial charge on any atom is 0.313 e. The van der Waals surface area contributed by atoms with Gasteiger partial charge in [0, 0.05) is 55.7 Å². The molecule has 4 fully saturated rings. The summed E-state index contributed by atoms with van der Waals surface area (Å²) < 4.78 is 0. The molecule has 1 amide bonds. The zero-order valence-corrected chi connectivity index (χ0v) is 14.8. The van der Waals surface area contributed by atoms with E-state index in [0.717, 1.165) is 30.8 Å². The van der Waals surface area contributed by atoms with Crippen LogP contribution in [0.3, 0.4) is 0 Å². The van der Waals surface area contributed by atoms with Crippen LogP contribution in [0.25, 0.3) is 0 Å². The third kappa shape index (κ3) is 2.40. The molecule has 7 nitrogen and oxygen atoms in total. The van der Waals surface area contributed by atoms with Crippen LogP contribution in [0, 0.1) is 17.3 Å². The maximum atomic E-state index is 12.6. The van der Waals surface area contributed by atoms with E-state index >= 15 is 0 Å². The molecule has 1 N–H and O–H groups in total. The zero-order chi connectivity index (χ0) is 17.9. The standard InChI is InChI=1S/C19H24N4O3/c24-17(13-2-1-3-13)23-8-14-7-22(9-19(14,10-23)18(25)26)16-6-15(12-4-5-12)20-11-21-16/h6,11-14H,1-5,7-10H2,(H,25,26)/t14-,19-/m1/s1. The molecule has 0 bridgehead atoms. The average Bonchev–Trinajstić information content (AvgIpc) is 3.25. The summed E-state index contributed by atoms with van der Waals surface area (Å²) >= 11 is 0. The van der Waals surface area contributed by atoms with Crippen molar-refractivity contribution in [1.82, 2.24) is 14.9 Å². The highest BCUT2D eigenvalue weighted by Crippen LogP contribution is 2.46. The number of anilines is 1. The first-order chi connectivity index (χ1) is 12.6. The molecule has 26 heavy (non-hydrogen) atoms. The van der Waals surface area contributed by atoms with Crippen LogP contribution in [0.4, 0.5) is 5.82 Å². The SMILES string of the molecule is O=C(C1CCC1)N1C[C@H]2CN(c3cc(C4CC4)ncn3)C[C@@]2(C(=O)O)C1. The first-order valence-corrected chi connectivity index (χ1v) is 9.66. The number of carbonyl (C=O) groups is 2. The Morgan fingerprint density at radius 1 is 1.12 bits per heavy atom. The van der Waals surface area contributed by atoms with Gasteiger partial charge < -0.3 is 14.9 Å². The highest BCUT2D eigenvalue weighted by Gasteiger charge is 2.59. The van der Waals surface area contributed by atoms with Gasteiger partial charge in [-0.1, -0.05) is 6.42 Å². The average molecular weight is 356 g/mol. The topological polar surface area (TPSA) is 86.6 Å². The van der Waals surface area contributed by atoms with E-state index in [0.29, 0.717) is 32.1 Å². The molecule has 0 aromatic carbocycles. The van der Waals surface area contributed by atoms with Crippen LogP contribution in [-0.4, -0.2) is 58.0 Å². The van der Waals surface area contributed by atoms with Gasteiger partial charge in [0.25, 0.3) is 0 Å². The lowest BCUT2D eigenvalue weighted by atomic mass is 9.81. The monoisotopic (exact) mass is 356 g/mol. The van der Waals surface area contributed by atoms with E-state index in [2.05, 4.69) is 14.9 Å². The molecule has 138 valence electrons. The molecule has 2 aliphatic carbocycles. The Morgan fingerprint density at radius 3 is 2.54 bits per heavy atom. The zero-order valence-electron chi connectivity index (χ0n) is 14.8. The highest BCUT2D eigenvalue weighted by molar-refractivity contribution is 5.84. The molecule has 0 spiro atoms.